The van der Waals surface area contributed by atoms with E-state index < -0.39 is 0 Å². The number of piperidine rings is 1. The van der Waals surface area contributed by atoms with E-state index in [1.54, 1.807) is 0 Å². The summed E-state index contributed by atoms with van der Waals surface area (Å²) < 4.78 is 0. The summed E-state index contributed by atoms with van der Waals surface area (Å²) in [7, 11) is 0. The highest BCUT2D eigenvalue weighted by atomic mass is 14.9. The molecule has 0 bridgehead atoms. The fraction of sp³-hybridized carbons (Fsp3) is 0.800. The molecule has 0 aromatic rings. The molecule has 1 fully saturated rings. The van der Waals surface area contributed by atoms with Gasteiger partial charge in [0.05, 0.1) is 0 Å². The molecular formula is C10H18N2. The zero-order chi connectivity index (χ0) is 8.60. The Bertz CT molecular complexity index is 202. The van der Waals surface area contributed by atoms with Crippen LogP contribution in [0.3, 0.4) is 0 Å². The first-order chi connectivity index (χ1) is 5.75. The second-order valence-corrected chi connectivity index (χ2v) is 4.24. The van der Waals surface area contributed by atoms with E-state index >= 15 is 0 Å². The van der Waals surface area contributed by atoms with Gasteiger partial charge < -0.3 is 11.1 Å². The minimum atomic E-state index is 0.333. The van der Waals surface area contributed by atoms with Gasteiger partial charge in [0.15, 0.2) is 0 Å². The van der Waals surface area contributed by atoms with E-state index in [1.807, 2.05) is 0 Å². The third-order valence-electron chi connectivity index (χ3n) is 3.58. The molecule has 1 saturated heterocycles. The molecule has 0 amide bonds. The number of rotatable bonds is 0. The van der Waals surface area contributed by atoms with E-state index in [0.717, 1.165) is 13.1 Å². The predicted molar refractivity (Wildman–Crippen MR) is 50.9 cm³/mol. The van der Waals surface area contributed by atoms with E-state index in [9.17, 15) is 0 Å². The van der Waals surface area contributed by atoms with Crippen LogP contribution < -0.4 is 11.1 Å². The number of hydrogen-bond donors (Lipinski definition) is 2. The summed E-state index contributed by atoms with van der Waals surface area (Å²) in [5.74, 6) is 0. The van der Waals surface area contributed by atoms with Gasteiger partial charge in [0.25, 0.3) is 0 Å². The first-order valence-corrected chi connectivity index (χ1v) is 4.88. The Hall–Kier alpha value is -0.340. The largest absolute Gasteiger partial charge is 0.324 e. The fourth-order valence-electron chi connectivity index (χ4n) is 2.54. The maximum Gasteiger partial charge on any atom is 0.0312 e. The van der Waals surface area contributed by atoms with E-state index in [2.05, 4.69) is 18.3 Å². The molecule has 1 heterocycles. The SMILES string of the molecule is CC1=CCC2(CCNCC2)C1N. The Morgan fingerprint density at radius 2 is 2.17 bits per heavy atom. The van der Waals surface area contributed by atoms with E-state index in [1.165, 1.54) is 24.8 Å². The molecule has 1 aliphatic heterocycles. The third-order valence-corrected chi connectivity index (χ3v) is 3.58. The van der Waals surface area contributed by atoms with Crippen molar-refractivity contribution < 1.29 is 0 Å². The molecule has 2 aliphatic rings. The van der Waals surface area contributed by atoms with Gasteiger partial charge in [-0.15, -0.1) is 0 Å². The van der Waals surface area contributed by atoms with Crippen LogP contribution in [-0.2, 0) is 0 Å². The van der Waals surface area contributed by atoms with Gasteiger partial charge in [-0.25, -0.2) is 0 Å². The zero-order valence-electron chi connectivity index (χ0n) is 7.77. The molecule has 0 saturated carbocycles. The molecule has 2 nitrogen and oxygen atoms in total. The molecule has 3 N–H and O–H groups in total. The number of hydrogen-bond acceptors (Lipinski definition) is 2. The molecule has 1 aliphatic carbocycles. The van der Waals surface area contributed by atoms with Gasteiger partial charge in [-0.1, -0.05) is 11.6 Å². The Morgan fingerprint density at radius 3 is 2.67 bits per heavy atom. The van der Waals surface area contributed by atoms with Crippen molar-refractivity contribution in [3.05, 3.63) is 11.6 Å². The summed E-state index contributed by atoms with van der Waals surface area (Å²) in [6, 6.07) is 0.333. The minimum Gasteiger partial charge on any atom is -0.324 e. The monoisotopic (exact) mass is 166 g/mol. The van der Waals surface area contributed by atoms with Crippen molar-refractivity contribution in [3.63, 3.8) is 0 Å². The van der Waals surface area contributed by atoms with Crippen LogP contribution in [0.2, 0.25) is 0 Å². The van der Waals surface area contributed by atoms with Gasteiger partial charge in [0.2, 0.25) is 0 Å². The van der Waals surface area contributed by atoms with Crippen LogP contribution >= 0.6 is 0 Å². The van der Waals surface area contributed by atoms with E-state index in [0.29, 0.717) is 11.5 Å². The number of allylic oxidation sites excluding steroid dienone is 1. The lowest BCUT2D eigenvalue weighted by Crippen LogP contribution is -2.46. The Balaban J connectivity index is 2.12. The third kappa shape index (κ3) is 1.10. The lowest BCUT2D eigenvalue weighted by molar-refractivity contribution is 0.191. The van der Waals surface area contributed by atoms with Gasteiger partial charge in [-0.3, -0.25) is 0 Å². The minimum absolute atomic E-state index is 0.333. The first-order valence-electron chi connectivity index (χ1n) is 4.88. The molecule has 1 unspecified atom stereocenters. The summed E-state index contributed by atoms with van der Waals surface area (Å²) in [6.45, 7) is 4.46. The van der Waals surface area contributed by atoms with Crippen LogP contribution in [0.25, 0.3) is 0 Å². The molecular weight excluding hydrogens is 148 g/mol. The second kappa shape index (κ2) is 2.86. The van der Waals surface area contributed by atoms with E-state index in [4.69, 9.17) is 5.73 Å². The van der Waals surface area contributed by atoms with Gasteiger partial charge >= 0.3 is 0 Å². The van der Waals surface area contributed by atoms with Crippen LogP contribution in [0.5, 0.6) is 0 Å². The van der Waals surface area contributed by atoms with Gasteiger partial charge in [-0.2, -0.15) is 0 Å². The maximum atomic E-state index is 6.19. The van der Waals surface area contributed by atoms with Crippen molar-refractivity contribution in [1.29, 1.82) is 0 Å². The summed E-state index contributed by atoms with van der Waals surface area (Å²) in [4.78, 5) is 0. The Kier molecular flexibility index (Phi) is 1.97. The Labute approximate surface area is 74.2 Å². The fourth-order valence-corrected chi connectivity index (χ4v) is 2.54. The van der Waals surface area contributed by atoms with Crippen molar-refractivity contribution in [2.24, 2.45) is 11.1 Å². The van der Waals surface area contributed by atoms with Crippen molar-refractivity contribution in [1.82, 2.24) is 5.32 Å². The summed E-state index contributed by atoms with van der Waals surface area (Å²) in [5, 5.41) is 3.39. The summed E-state index contributed by atoms with van der Waals surface area (Å²) >= 11 is 0. The quantitative estimate of drug-likeness (QED) is 0.528. The molecule has 68 valence electrons. The molecule has 12 heavy (non-hydrogen) atoms. The number of nitrogens with two attached hydrogens (primary N) is 1. The van der Waals surface area contributed by atoms with Crippen LogP contribution in [0.15, 0.2) is 11.6 Å². The average Bonchev–Trinajstić information content (AvgIpc) is 2.37. The number of nitrogens with one attached hydrogen (secondary N) is 1. The van der Waals surface area contributed by atoms with Crippen LogP contribution in [0.1, 0.15) is 26.2 Å². The highest BCUT2D eigenvalue weighted by Crippen LogP contribution is 2.43. The summed E-state index contributed by atoms with van der Waals surface area (Å²) in [5.41, 5.74) is 8.02. The highest BCUT2D eigenvalue weighted by molar-refractivity contribution is 5.22. The predicted octanol–water partition coefficient (Wildman–Crippen LogP) is 1.03. The smallest absolute Gasteiger partial charge is 0.0312 e. The molecule has 1 spiro atoms. The molecule has 0 aromatic carbocycles. The average molecular weight is 166 g/mol. The zero-order valence-corrected chi connectivity index (χ0v) is 7.77. The van der Waals surface area contributed by atoms with Crippen LogP contribution in [-0.4, -0.2) is 19.1 Å². The normalized spacial score (nSPS) is 33.8. The van der Waals surface area contributed by atoms with Gasteiger partial charge in [0, 0.05) is 6.04 Å². The van der Waals surface area contributed by atoms with Crippen LogP contribution in [0.4, 0.5) is 0 Å². The second-order valence-electron chi connectivity index (χ2n) is 4.24. The first kappa shape index (κ1) is 8.27. The van der Waals surface area contributed by atoms with Crippen molar-refractivity contribution in [2.45, 2.75) is 32.2 Å². The van der Waals surface area contributed by atoms with Gasteiger partial charge in [0.1, 0.15) is 0 Å². The van der Waals surface area contributed by atoms with Crippen molar-refractivity contribution in [3.8, 4) is 0 Å². The molecule has 0 radical (unpaired) electrons. The lowest BCUT2D eigenvalue weighted by Gasteiger charge is -2.38. The van der Waals surface area contributed by atoms with E-state index in [-0.39, 0.29) is 0 Å². The molecule has 2 heteroatoms. The van der Waals surface area contributed by atoms with Gasteiger partial charge in [-0.05, 0) is 44.7 Å². The topological polar surface area (TPSA) is 38.0 Å². The molecule has 1 atom stereocenters. The maximum absolute atomic E-state index is 6.19. The van der Waals surface area contributed by atoms with Crippen molar-refractivity contribution >= 4 is 0 Å². The standard InChI is InChI=1S/C10H18N2/c1-8-2-3-10(9(8)11)4-6-12-7-5-10/h2,9,12H,3-7,11H2,1H3. The molecule has 0 aromatic heterocycles. The molecule has 2 rings (SSSR count). The van der Waals surface area contributed by atoms with Crippen LogP contribution in [0, 0.1) is 5.41 Å². The Morgan fingerprint density at radius 1 is 1.50 bits per heavy atom. The lowest BCUT2D eigenvalue weighted by atomic mass is 9.73. The van der Waals surface area contributed by atoms with Crippen molar-refractivity contribution in [2.75, 3.05) is 13.1 Å². The summed E-state index contributed by atoms with van der Waals surface area (Å²) in [6.07, 6.45) is 6.04. The highest BCUT2D eigenvalue weighted by Gasteiger charge is 2.40.